The number of nitrogens with two attached hydrogens (primary N) is 1. The monoisotopic (exact) mass is 550 g/mol. The van der Waals surface area contributed by atoms with Crippen molar-refractivity contribution >= 4 is 48.7 Å². The molecule has 0 bridgehead atoms. The first-order chi connectivity index (χ1) is 16.9. The fourth-order valence-corrected chi connectivity index (χ4v) is 4.67. The van der Waals surface area contributed by atoms with E-state index in [2.05, 4.69) is 25.4 Å². The van der Waals surface area contributed by atoms with Gasteiger partial charge in [0.05, 0.1) is 18.3 Å². The molecule has 1 fully saturated rings. The normalized spacial score (nSPS) is 25.5. The second-order valence-corrected chi connectivity index (χ2v) is 10.3. The minimum Gasteiger partial charge on any atom is -0.462 e. The first kappa shape index (κ1) is 28.4. The van der Waals surface area contributed by atoms with E-state index in [1.54, 1.807) is 13.8 Å². The quantitative estimate of drug-likeness (QED) is 0.182. The van der Waals surface area contributed by atoms with Crippen molar-refractivity contribution in [1.29, 1.82) is 0 Å². The van der Waals surface area contributed by atoms with Crippen molar-refractivity contribution in [3.8, 4) is 0 Å². The van der Waals surface area contributed by atoms with E-state index in [1.165, 1.54) is 17.8 Å². The Morgan fingerprint density at radius 2 is 2.08 bits per heavy atom. The van der Waals surface area contributed by atoms with Gasteiger partial charge in [-0.2, -0.15) is 9.97 Å². The van der Waals surface area contributed by atoms with E-state index in [9.17, 15) is 14.5 Å². The lowest BCUT2D eigenvalue weighted by Gasteiger charge is -2.26. The van der Waals surface area contributed by atoms with Crippen LogP contribution in [-0.4, -0.2) is 79.1 Å². The summed E-state index contributed by atoms with van der Waals surface area (Å²) in [7, 11) is -2.61. The zero-order valence-electron chi connectivity index (χ0n) is 20.5. The topological polar surface area (TPSA) is 176 Å². The van der Waals surface area contributed by atoms with Gasteiger partial charge in [-0.05, 0) is 39.2 Å². The number of imidazole rings is 1. The van der Waals surface area contributed by atoms with Crippen LogP contribution in [0.25, 0.3) is 11.2 Å². The highest BCUT2D eigenvalue weighted by molar-refractivity contribution is 7.36. The molecule has 6 atom stereocenters. The predicted octanol–water partition coefficient (Wildman–Crippen LogP) is 2.04. The van der Waals surface area contributed by atoms with Gasteiger partial charge < -0.3 is 25.6 Å². The number of fused-ring (bicyclic) bond motifs is 1. The Labute approximate surface area is 213 Å². The van der Waals surface area contributed by atoms with Crippen molar-refractivity contribution in [2.75, 3.05) is 23.5 Å². The van der Waals surface area contributed by atoms with E-state index in [0.717, 1.165) is 0 Å². The highest BCUT2D eigenvalue weighted by Gasteiger charge is 2.57. The molecule has 2 aromatic rings. The van der Waals surface area contributed by atoms with Crippen molar-refractivity contribution in [2.45, 2.75) is 76.9 Å². The van der Waals surface area contributed by atoms with E-state index in [0.29, 0.717) is 11.3 Å². The van der Waals surface area contributed by atoms with Crippen LogP contribution >= 0.6 is 19.8 Å². The number of aliphatic hydroxyl groups is 1. The molecular weight excluding hydrogens is 520 g/mol. The maximum absolute atomic E-state index is 15.4. The number of nitrogen functional groups attached to an aromatic ring is 1. The van der Waals surface area contributed by atoms with Gasteiger partial charge in [0.25, 0.3) is 0 Å². The molecule has 5 N–H and O–H groups in total. The van der Waals surface area contributed by atoms with E-state index < -0.39 is 50.9 Å². The van der Waals surface area contributed by atoms with Crippen LogP contribution in [0.4, 0.5) is 16.2 Å². The zero-order chi connectivity index (χ0) is 26.8. The summed E-state index contributed by atoms with van der Waals surface area (Å²) in [6.45, 7) is 8.08. The van der Waals surface area contributed by atoms with Gasteiger partial charge in [-0.1, -0.05) is 5.09 Å². The minimum atomic E-state index is -2.61. The SMILES string of the molecule is CC(C)Nc1nc(N)nc2c1ncn2[C@@H]1O[C@](CCl)(CO[P+](=O)N[C@@H](C)C(=O)OC(C)C)[C@@H](O)[C@@H]1F. The summed E-state index contributed by atoms with van der Waals surface area (Å²) >= 11 is 6.07. The summed E-state index contributed by atoms with van der Waals surface area (Å²) < 4.78 is 45.2. The van der Waals surface area contributed by atoms with Crippen LogP contribution in [0.15, 0.2) is 6.33 Å². The number of halogens is 2. The Morgan fingerprint density at radius 3 is 2.69 bits per heavy atom. The van der Waals surface area contributed by atoms with Crippen molar-refractivity contribution in [1.82, 2.24) is 24.6 Å². The van der Waals surface area contributed by atoms with Gasteiger partial charge in [0, 0.05) is 6.04 Å². The predicted molar refractivity (Wildman–Crippen MR) is 130 cm³/mol. The van der Waals surface area contributed by atoms with Gasteiger partial charge in [0.2, 0.25) is 5.95 Å². The number of aliphatic hydroxyl groups excluding tert-OH is 1. The van der Waals surface area contributed by atoms with Gasteiger partial charge in [0.15, 0.2) is 29.4 Å². The summed E-state index contributed by atoms with van der Waals surface area (Å²) in [5, 5.41) is 16.3. The molecule has 3 heterocycles. The molecule has 1 aliphatic rings. The number of hydrogen-bond donors (Lipinski definition) is 4. The number of carbonyl (C=O) groups excluding carboxylic acids is 1. The molecule has 0 radical (unpaired) electrons. The third-order valence-electron chi connectivity index (χ3n) is 5.26. The number of alkyl halides is 2. The second kappa shape index (κ2) is 11.4. The molecule has 0 spiro atoms. The summed E-state index contributed by atoms with van der Waals surface area (Å²) in [6.07, 6.45) is -4.15. The lowest BCUT2D eigenvalue weighted by molar-refractivity contribution is -0.149. The molecule has 3 rings (SSSR count). The number of ether oxygens (including phenoxy) is 2. The molecule has 1 unspecified atom stereocenters. The molecule has 13 nitrogen and oxygen atoms in total. The largest absolute Gasteiger partial charge is 0.613 e. The third kappa shape index (κ3) is 6.01. The number of aromatic nitrogens is 4. The fraction of sp³-hybridized carbons (Fsp3) is 0.700. The first-order valence-electron chi connectivity index (χ1n) is 11.3. The Morgan fingerprint density at radius 1 is 1.39 bits per heavy atom. The van der Waals surface area contributed by atoms with Crippen LogP contribution in [0.1, 0.15) is 40.8 Å². The Hall–Kier alpha value is -2.22. The number of hydrogen-bond acceptors (Lipinski definition) is 11. The Balaban J connectivity index is 1.78. The molecule has 200 valence electrons. The van der Waals surface area contributed by atoms with E-state index in [1.807, 2.05) is 13.8 Å². The highest BCUT2D eigenvalue weighted by Crippen LogP contribution is 2.42. The lowest BCUT2D eigenvalue weighted by Crippen LogP contribution is -2.47. The summed E-state index contributed by atoms with van der Waals surface area (Å²) in [5.41, 5.74) is 4.59. The molecule has 0 saturated carbocycles. The molecule has 1 saturated heterocycles. The van der Waals surface area contributed by atoms with Crippen molar-refractivity contribution < 1.29 is 32.9 Å². The van der Waals surface area contributed by atoms with Gasteiger partial charge in [-0.15, -0.1) is 16.1 Å². The van der Waals surface area contributed by atoms with Crippen LogP contribution in [0, 0.1) is 0 Å². The van der Waals surface area contributed by atoms with Crippen molar-refractivity contribution in [3.63, 3.8) is 0 Å². The molecule has 0 aliphatic carbocycles. The molecule has 16 heteroatoms. The van der Waals surface area contributed by atoms with Gasteiger partial charge in [-0.3, -0.25) is 9.36 Å². The molecule has 1 aliphatic heterocycles. The van der Waals surface area contributed by atoms with Crippen LogP contribution in [0.2, 0.25) is 0 Å². The second-order valence-electron chi connectivity index (χ2n) is 9.02. The average Bonchev–Trinajstić information content (AvgIpc) is 3.31. The van der Waals surface area contributed by atoms with Crippen molar-refractivity contribution in [2.24, 2.45) is 0 Å². The fourth-order valence-electron chi connectivity index (χ4n) is 3.54. The summed E-state index contributed by atoms with van der Waals surface area (Å²) in [5.74, 6) is -0.713. The number of nitrogens with zero attached hydrogens (tertiary/aromatic N) is 4. The first-order valence-corrected chi connectivity index (χ1v) is 13.0. The van der Waals surface area contributed by atoms with E-state index in [4.69, 9.17) is 31.3 Å². The number of anilines is 2. The smallest absolute Gasteiger partial charge is 0.462 e. The number of carbonyl (C=O) groups is 1. The van der Waals surface area contributed by atoms with Gasteiger partial charge >= 0.3 is 14.1 Å². The van der Waals surface area contributed by atoms with Crippen LogP contribution in [0.3, 0.4) is 0 Å². The van der Waals surface area contributed by atoms with Crippen molar-refractivity contribution in [3.05, 3.63) is 6.33 Å². The molecule has 2 aromatic heterocycles. The summed E-state index contributed by atoms with van der Waals surface area (Å²) in [4.78, 5) is 24.5. The third-order valence-corrected chi connectivity index (χ3v) is 6.68. The molecular formula is C20H31ClFN7O6P+. The lowest BCUT2D eigenvalue weighted by atomic mass is 9.99. The zero-order valence-corrected chi connectivity index (χ0v) is 22.2. The maximum atomic E-state index is 15.4. The van der Waals surface area contributed by atoms with Gasteiger partial charge in [0.1, 0.15) is 24.4 Å². The maximum Gasteiger partial charge on any atom is 0.613 e. The molecule has 0 amide bonds. The van der Waals surface area contributed by atoms with Crippen LogP contribution in [-0.2, 0) is 23.4 Å². The van der Waals surface area contributed by atoms with Crippen LogP contribution in [0.5, 0.6) is 0 Å². The van der Waals surface area contributed by atoms with Crippen LogP contribution < -0.4 is 16.1 Å². The molecule has 36 heavy (non-hydrogen) atoms. The van der Waals surface area contributed by atoms with E-state index in [-0.39, 0.29) is 29.6 Å². The number of rotatable bonds is 11. The average molecular weight is 551 g/mol. The van der Waals surface area contributed by atoms with E-state index >= 15 is 4.39 Å². The molecule has 0 aromatic carbocycles. The standard InChI is InChI=1S/C20H31ClFN7O6P/c1-9(2)25-15-13-16(27-19(23)26-15)29(8-24-13)17-12(22)14(30)20(6-21,35-17)7-33-36(32)28-11(5)18(31)34-10(3)4/h8-12,14,17,30H,6-7H2,1-5H3,(H,28,32)(H3,23,25,26,27)/q+1/t11-,12-,14-,17+,20+/m0/s1. The Kier molecular flexibility index (Phi) is 9.02. The highest BCUT2D eigenvalue weighted by atomic mass is 35.5. The minimum absolute atomic E-state index is 0.0118. The number of esters is 1. The summed E-state index contributed by atoms with van der Waals surface area (Å²) in [6, 6.07) is -0.923. The Bertz CT molecular complexity index is 1110. The number of nitrogens with one attached hydrogen (secondary N) is 2. The van der Waals surface area contributed by atoms with Gasteiger partial charge in [-0.25, -0.2) is 9.37 Å².